The van der Waals surface area contributed by atoms with Gasteiger partial charge in [-0.3, -0.25) is 19.7 Å². The minimum atomic E-state index is -1.10. The number of likely N-dealkylation sites (tertiary alicyclic amines) is 1. The molecular weight excluding hydrogens is 518 g/mol. The Morgan fingerprint density at radius 1 is 1.15 bits per heavy atom. The van der Waals surface area contributed by atoms with Gasteiger partial charge in [0.15, 0.2) is 0 Å². The number of nitro groups is 1. The van der Waals surface area contributed by atoms with E-state index in [1.54, 1.807) is 6.92 Å². The van der Waals surface area contributed by atoms with Gasteiger partial charge in [0.25, 0.3) is 5.69 Å². The van der Waals surface area contributed by atoms with Crippen LogP contribution in [0.4, 0.5) is 5.69 Å². The van der Waals surface area contributed by atoms with E-state index in [1.165, 1.54) is 29.2 Å². The molecule has 218 valence electrons. The lowest BCUT2D eigenvalue weighted by molar-refractivity contribution is -0.384. The first-order valence-corrected chi connectivity index (χ1v) is 14.0. The van der Waals surface area contributed by atoms with E-state index in [1.807, 2.05) is 13.0 Å². The van der Waals surface area contributed by atoms with Gasteiger partial charge in [-0.25, -0.2) is 9.59 Å². The van der Waals surface area contributed by atoms with E-state index in [-0.39, 0.29) is 49.1 Å². The van der Waals surface area contributed by atoms with Gasteiger partial charge in [0.05, 0.1) is 23.6 Å². The molecule has 0 aromatic heterocycles. The van der Waals surface area contributed by atoms with Crippen molar-refractivity contribution in [3.05, 3.63) is 52.6 Å². The average molecular weight is 558 g/mol. The SMILES string of the molecule is C=CCCCCCCC(=O)N1C[C@H](OC(=O)c2ccc([N+](=O)[O-])cc2)C[C@H]1C(=O)N[C@]1(C(=O)OCC)C[C@H]1CC. The van der Waals surface area contributed by atoms with Crippen molar-refractivity contribution in [2.24, 2.45) is 5.92 Å². The molecule has 0 spiro atoms. The summed E-state index contributed by atoms with van der Waals surface area (Å²) in [5, 5.41) is 13.8. The summed E-state index contributed by atoms with van der Waals surface area (Å²) < 4.78 is 10.8. The van der Waals surface area contributed by atoms with Gasteiger partial charge in [-0.05, 0) is 50.7 Å². The van der Waals surface area contributed by atoms with Gasteiger partial charge in [0.1, 0.15) is 17.7 Å². The number of esters is 2. The molecule has 1 aliphatic carbocycles. The zero-order chi connectivity index (χ0) is 29.3. The number of non-ortho nitro benzene ring substituents is 1. The largest absolute Gasteiger partial charge is 0.464 e. The van der Waals surface area contributed by atoms with E-state index in [4.69, 9.17) is 9.47 Å². The van der Waals surface area contributed by atoms with Gasteiger partial charge < -0.3 is 19.7 Å². The number of hydrogen-bond acceptors (Lipinski definition) is 8. The summed E-state index contributed by atoms with van der Waals surface area (Å²) in [6.07, 6.45) is 7.02. The molecule has 4 atom stereocenters. The summed E-state index contributed by atoms with van der Waals surface area (Å²) in [6, 6.07) is 4.11. The zero-order valence-electron chi connectivity index (χ0n) is 23.3. The lowest BCUT2D eigenvalue weighted by Crippen LogP contribution is -2.53. The van der Waals surface area contributed by atoms with Crippen molar-refractivity contribution in [1.29, 1.82) is 0 Å². The minimum absolute atomic E-state index is 0.0374. The molecule has 1 saturated heterocycles. The fourth-order valence-corrected chi connectivity index (χ4v) is 5.25. The number of nitro benzene ring substituents is 1. The van der Waals surface area contributed by atoms with Crippen molar-refractivity contribution in [3.63, 3.8) is 0 Å². The summed E-state index contributed by atoms with van der Waals surface area (Å²) >= 11 is 0. The van der Waals surface area contributed by atoms with Crippen molar-refractivity contribution < 1.29 is 33.6 Å². The monoisotopic (exact) mass is 557 g/mol. The van der Waals surface area contributed by atoms with Gasteiger partial charge in [-0.1, -0.05) is 32.3 Å². The van der Waals surface area contributed by atoms with E-state index in [9.17, 15) is 29.3 Å². The second-order valence-corrected chi connectivity index (χ2v) is 10.4. The highest BCUT2D eigenvalue weighted by atomic mass is 16.6. The number of carbonyl (C=O) groups excluding carboxylic acids is 4. The number of hydrogen-bond donors (Lipinski definition) is 1. The van der Waals surface area contributed by atoms with Crippen LogP contribution in [0.15, 0.2) is 36.9 Å². The third kappa shape index (κ3) is 7.45. The molecule has 1 aromatic rings. The van der Waals surface area contributed by atoms with Gasteiger partial charge in [0, 0.05) is 25.0 Å². The molecule has 2 amide bonds. The number of ether oxygens (including phenoxy) is 2. The standard InChI is InChI=1S/C29H39N3O8/c1-4-7-8-9-10-11-12-25(33)31-19-23(40-27(35)20-13-15-22(16-14-20)32(37)38)17-24(31)26(34)30-29(18-21(29)5-2)28(36)39-6-3/h4,13-16,21,23-24H,1,5-12,17-19H2,2-3H3,(H,30,34)/t21-,23-,24+,29-/m1/s1. The maximum Gasteiger partial charge on any atom is 0.338 e. The lowest BCUT2D eigenvalue weighted by Gasteiger charge is -2.26. The Balaban J connectivity index is 1.70. The van der Waals surface area contributed by atoms with Crippen LogP contribution in [0.1, 0.15) is 82.0 Å². The number of nitrogens with zero attached hydrogens (tertiary/aromatic N) is 2. The van der Waals surface area contributed by atoms with Crippen molar-refractivity contribution in [1.82, 2.24) is 10.2 Å². The molecule has 0 unspecified atom stereocenters. The van der Waals surface area contributed by atoms with Gasteiger partial charge >= 0.3 is 11.9 Å². The highest BCUT2D eigenvalue weighted by molar-refractivity contribution is 5.95. The third-order valence-corrected chi connectivity index (χ3v) is 7.61. The van der Waals surface area contributed by atoms with Crippen molar-refractivity contribution in [2.45, 2.75) is 89.3 Å². The molecule has 0 bridgehead atoms. The van der Waals surface area contributed by atoms with E-state index in [0.29, 0.717) is 19.3 Å². The highest BCUT2D eigenvalue weighted by Crippen LogP contribution is 2.47. The van der Waals surface area contributed by atoms with Gasteiger partial charge in [0.2, 0.25) is 11.8 Å². The second kappa shape index (κ2) is 14.0. The summed E-state index contributed by atoms with van der Waals surface area (Å²) in [7, 11) is 0. The van der Waals surface area contributed by atoms with Crippen LogP contribution in [0.3, 0.4) is 0 Å². The molecule has 3 rings (SSSR count). The quantitative estimate of drug-likeness (QED) is 0.112. The van der Waals surface area contributed by atoms with E-state index in [0.717, 1.165) is 25.7 Å². The summed E-state index contributed by atoms with van der Waals surface area (Å²) in [6.45, 7) is 7.58. The van der Waals surface area contributed by atoms with Crippen LogP contribution in [0, 0.1) is 16.0 Å². The normalized spacial score (nSPS) is 23.2. The maximum absolute atomic E-state index is 13.5. The van der Waals surface area contributed by atoms with Crippen LogP contribution in [0.25, 0.3) is 0 Å². The summed E-state index contributed by atoms with van der Waals surface area (Å²) in [5.74, 6) is -1.92. The average Bonchev–Trinajstić information content (AvgIpc) is 3.49. The number of nitrogens with one attached hydrogen (secondary N) is 1. The molecule has 0 radical (unpaired) electrons. The first kappa shape index (κ1) is 30.8. The number of amides is 2. The number of unbranched alkanes of at least 4 members (excludes halogenated alkanes) is 4. The second-order valence-electron chi connectivity index (χ2n) is 10.4. The van der Waals surface area contributed by atoms with Crippen LogP contribution < -0.4 is 5.32 Å². The molecule has 11 heteroatoms. The Morgan fingerprint density at radius 2 is 1.85 bits per heavy atom. The first-order valence-electron chi connectivity index (χ1n) is 14.0. The van der Waals surface area contributed by atoms with E-state index >= 15 is 0 Å². The van der Waals surface area contributed by atoms with Gasteiger partial charge in [-0.15, -0.1) is 6.58 Å². The van der Waals surface area contributed by atoms with Crippen LogP contribution in [-0.2, 0) is 23.9 Å². The lowest BCUT2D eigenvalue weighted by atomic mass is 10.1. The topological polar surface area (TPSA) is 145 Å². The van der Waals surface area contributed by atoms with Crippen LogP contribution in [-0.4, -0.2) is 64.4 Å². The van der Waals surface area contributed by atoms with Crippen molar-refractivity contribution in [3.8, 4) is 0 Å². The molecule has 2 fully saturated rings. The summed E-state index contributed by atoms with van der Waals surface area (Å²) in [5.41, 5.74) is -1.13. The number of benzene rings is 1. The maximum atomic E-state index is 13.5. The predicted octanol–water partition coefficient (Wildman–Crippen LogP) is 4.10. The molecule has 40 heavy (non-hydrogen) atoms. The molecule has 1 saturated carbocycles. The van der Waals surface area contributed by atoms with Crippen molar-refractivity contribution in [2.75, 3.05) is 13.2 Å². The number of allylic oxidation sites excluding steroid dienone is 1. The van der Waals surface area contributed by atoms with Crippen LogP contribution in [0.5, 0.6) is 0 Å². The molecule has 2 aliphatic rings. The third-order valence-electron chi connectivity index (χ3n) is 7.61. The Morgan fingerprint density at radius 3 is 2.45 bits per heavy atom. The Labute approximate surface area is 234 Å². The number of carbonyl (C=O) groups is 4. The molecule has 1 aliphatic heterocycles. The smallest absolute Gasteiger partial charge is 0.338 e. The van der Waals surface area contributed by atoms with E-state index < -0.39 is 40.5 Å². The molecule has 1 aromatic carbocycles. The predicted molar refractivity (Wildman–Crippen MR) is 146 cm³/mol. The fourth-order valence-electron chi connectivity index (χ4n) is 5.25. The molecular formula is C29H39N3O8. The molecule has 11 nitrogen and oxygen atoms in total. The van der Waals surface area contributed by atoms with Crippen molar-refractivity contribution >= 4 is 29.4 Å². The van der Waals surface area contributed by atoms with Crippen LogP contribution in [0.2, 0.25) is 0 Å². The highest BCUT2D eigenvalue weighted by Gasteiger charge is 2.62. The Kier molecular flexibility index (Phi) is 10.8. The number of rotatable bonds is 15. The first-order chi connectivity index (χ1) is 19.2. The van der Waals surface area contributed by atoms with Crippen LogP contribution >= 0.6 is 0 Å². The Bertz CT molecular complexity index is 1110. The zero-order valence-corrected chi connectivity index (χ0v) is 23.3. The molecule has 1 N–H and O–H groups in total. The molecule has 1 heterocycles. The fraction of sp³-hybridized carbons (Fsp3) is 0.586. The Hall–Kier alpha value is -3.76. The minimum Gasteiger partial charge on any atom is -0.464 e. The summed E-state index contributed by atoms with van der Waals surface area (Å²) in [4.78, 5) is 64.0. The van der Waals surface area contributed by atoms with Gasteiger partial charge in [-0.2, -0.15) is 0 Å². The van der Waals surface area contributed by atoms with E-state index in [2.05, 4.69) is 11.9 Å².